The predicted octanol–water partition coefficient (Wildman–Crippen LogP) is 2.72. The second-order valence-corrected chi connectivity index (χ2v) is 5.94. The number of likely N-dealkylation sites (tertiary alicyclic amines) is 1. The summed E-state index contributed by atoms with van der Waals surface area (Å²) in [6.07, 6.45) is 3.48. The molecule has 2 rings (SSSR count). The second-order valence-electron chi connectivity index (χ2n) is 5.12. The van der Waals surface area contributed by atoms with Gasteiger partial charge in [-0.1, -0.05) is 13.8 Å². The summed E-state index contributed by atoms with van der Waals surface area (Å²) in [5, 5.41) is 0. The Morgan fingerprint density at radius 2 is 2.21 bits per heavy atom. The monoisotopic (exact) mass is 326 g/mol. The van der Waals surface area contributed by atoms with E-state index in [2.05, 4.69) is 56.6 Å². The van der Waals surface area contributed by atoms with Gasteiger partial charge in [0.1, 0.15) is 16.2 Å². The molecule has 0 spiro atoms. The SMILES string of the molecule is CCc1nc(Br)cc(N(C)CC2CCCN2CC)n1. The molecule has 0 saturated carbocycles. The third-order valence-corrected chi connectivity index (χ3v) is 4.23. The van der Waals surface area contributed by atoms with Crippen LogP contribution in [0.4, 0.5) is 5.82 Å². The Morgan fingerprint density at radius 3 is 2.89 bits per heavy atom. The number of nitrogens with zero attached hydrogens (tertiary/aromatic N) is 4. The maximum Gasteiger partial charge on any atom is 0.133 e. The fraction of sp³-hybridized carbons (Fsp3) is 0.714. The van der Waals surface area contributed by atoms with Crippen LogP contribution in [-0.4, -0.2) is 47.6 Å². The van der Waals surface area contributed by atoms with Gasteiger partial charge >= 0.3 is 0 Å². The fourth-order valence-corrected chi connectivity index (χ4v) is 3.14. The minimum atomic E-state index is 0.661. The summed E-state index contributed by atoms with van der Waals surface area (Å²) in [6, 6.07) is 2.67. The van der Waals surface area contributed by atoms with Crippen LogP contribution < -0.4 is 4.90 Å². The van der Waals surface area contributed by atoms with E-state index in [1.807, 2.05) is 6.07 Å². The molecule has 1 fully saturated rings. The number of anilines is 1. The minimum absolute atomic E-state index is 0.661. The Labute approximate surface area is 124 Å². The Kier molecular flexibility index (Phi) is 5.16. The van der Waals surface area contributed by atoms with Crippen LogP contribution in [0.15, 0.2) is 10.7 Å². The number of aromatic nitrogens is 2. The smallest absolute Gasteiger partial charge is 0.133 e. The van der Waals surface area contributed by atoms with Crippen LogP contribution in [0.3, 0.4) is 0 Å². The van der Waals surface area contributed by atoms with Crippen molar-refractivity contribution >= 4 is 21.7 Å². The largest absolute Gasteiger partial charge is 0.358 e. The Hall–Kier alpha value is -0.680. The van der Waals surface area contributed by atoms with Crippen molar-refractivity contribution in [3.8, 4) is 0 Å². The van der Waals surface area contributed by atoms with Gasteiger partial charge in [-0.05, 0) is 41.9 Å². The molecule has 0 radical (unpaired) electrons. The molecule has 1 atom stereocenters. The molecule has 1 saturated heterocycles. The van der Waals surface area contributed by atoms with Gasteiger partial charge in [0.15, 0.2) is 0 Å². The van der Waals surface area contributed by atoms with Crippen molar-refractivity contribution in [3.05, 3.63) is 16.5 Å². The molecule has 1 aliphatic heterocycles. The van der Waals surface area contributed by atoms with Gasteiger partial charge in [-0.3, -0.25) is 4.90 Å². The zero-order valence-corrected chi connectivity index (χ0v) is 13.7. The summed E-state index contributed by atoms with van der Waals surface area (Å²) >= 11 is 3.47. The predicted molar refractivity (Wildman–Crippen MR) is 82.6 cm³/mol. The average molecular weight is 327 g/mol. The second kappa shape index (κ2) is 6.66. The number of likely N-dealkylation sites (N-methyl/N-ethyl adjacent to an activating group) is 2. The van der Waals surface area contributed by atoms with Crippen molar-refractivity contribution in [2.45, 2.75) is 39.2 Å². The highest BCUT2D eigenvalue weighted by atomic mass is 79.9. The van der Waals surface area contributed by atoms with Crippen molar-refractivity contribution < 1.29 is 0 Å². The number of hydrogen-bond donors (Lipinski definition) is 0. The number of aryl methyl sites for hydroxylation is 1. The summed E-state index contributed by atoms with van der Waals surface area (Å²) in [4.78, 5) is 13.8. The van der Waals surface area contributed by atoms with E-state index in [1.165, 1.54) is 19.4 Å². The van der Waals surface area contributed by atoms with Crippen molar-refractivity contribution in [1.29, 1.82) is 0 Å². The molecule has 0 amide bonds. The normalized spacial score (nSPS) is 19.9. The van der Waals surface area contributed by atoms with E-state index in [1.54, 1.807) is 0 Å². The van der Waals surface area contributed by atoms with Gasteiger partial charge in [-0.25, -0.2) is 9.97 Å². The summed E-state index contributed by atoms with van der Waals surface area (Å²) in [5.74, 6) is 1.91. The first-order chi connectivity index (χ1) is 9.13. The lowest BCUT2D eigenvalue weighted by Crippen LogP contribution is -2.39. The molecule has 5 heteroatoms. The first-order valence-corrected chi connectivity index (χ1v) is 7.92. The van der Waals surface area contributed by atoms with Gasteiger partial charge < -0.3 is 4.90 Å². The lowest BCUT2D eigenvalue weighted by atomic mass is 10.2. The van der Waals surface area contributed by atoms with E-state index >= 15 is 0 Å². The Bertz CT molecular complexity index is 424. The maximum atomic E-state index is 4.61. The zero-order valence-electron chi connectivity index (χ0n) is 12.1. The van der Waals surface area contributed by atoms with Gasteiger partial charge in [0.2, 0.25) is 0 Å². The molecule has 106 valence electrons. The van der Waals surface area contributed by atoms with E-state index in [0.717, 1.165) is 35.8 Å². The van der Waals surface area contributed by atoms with Crippen LogP contribution >= 0.6 is 15.9 Å². The van der Waals surface area contributed by atoms with E-state index in [-0.39, 0.29) is 0 Å². The zero-order chi connectivity index (χ0) is 13.8. The van der Waals surface area contributed by atoms with E-state index in [0.29, 0.717) is 6.04 Å². The van der Waals surface area contributed by atoms with Crippen LogP contribution in [-0.2, 0) is 6.42 Å². The molecule has 4 nitrogen and oxygen atoms in total. The van der Waals surface area contributed by atoms with Gasteiger partial charge in [0, 0.05) is 32.1 Å². The third kappa shape index (κ3) is 3.66. The van der Waals surface area contributed by atoms with Crippen molar-refractivity contribution in [2.24, 2.45) is 0 Å². The van der Waals surface area contributed by atoms with Crippen LogP contribution in [0, 0.1) is 0 Å². The fourth-order valence-electron chi connectivity index (χ4n) is 2.73. The molecule has 0 aromatic carbocycles. The molecule has 0 N–H and O–H groups in total. The molecule has 2 heterocycles. The van der Waals surface area contributed by atoms with Gasteiger partial charge in [0.25, 0.3) is 0 Å². The molecular formula is C14H23BrN4. The summed E-state index contributed by atoms with van der Waals surface area (Å²) in [5.41, 5.74) is 0. The summed E-state index contributed by atoms with van der Waals surface area (Å²) < 4.78 is 0.875. The van der Waals surface area contributed by atoms with Crippen LogP contribution in [0.2, 0.25) is 0 Å². The standard InChI is InChI=1S/C14H23BrN4/c1-4-13-16-12(15)9-14(17-13)18(3)10-11-7-6-8-19(11)5-2/h9,11H,4-8,10H2,1-3H3. The topological polar surface area (TPSA) is 32.3 Å². The highest BCUT2D eigenvalue weighted by molar-refractivity contribution is 9.10. The molecule has 0 aliphatic carbocycles. The summed E-state index contributed by atoms with van der Waals surface area (Å²) in [6.45, 7) is 7.76. The molecule has 1 aromatic heterocycles. The van der Waals surface area contributed by atoms with E-state index in [9.17, 15) is 0 Å². The highest BCUT2D eigenvalue weighted by Crippen LogP contribution is 2.21. The molecule has 19 heavy (non-hydrogen) atoms. The molecule has 1 aromatic rings. The van der Waals surface area contributed by atoms with Gasteiger partial charge in [0.05, 0.1) is 0 Å². The van der Waals surface area contributed by atoms with Crippen LogP contribution in [0.1, 0.15) is 32.5 Å². The Balaban J connectivity index is 2.06. The van der Waals surface area contributed by atoms with Crippen LogP contribution in [0.25, 0.3) is 0 Å². The lowest BCUT2D eigenvalue weighted by molar-refractivity contribution is 0.270. The quantitative estimate of drug-likeness (QED) is 0.779. The maximum absolute atomic E-state index is 4.61. The third-order valence-electron chi connectivity index (χ3n) is 3.82. The van der Waals surface area contributed by atoms with Gasteiger partial charge in [-0.15, -0.1) is 0 Å². The molecule has 1 unspecified atom stereocenters. The van der Waals surface area contributed by atoms with E-state index in [4.69, 9.17) is 0 Å². The average Bonchev–Trinajstić information content (AvgIpc) is 2.85. The molecule has 0 bridgehead atoms. The number of rotatable bonds is 5. The number of halogens is 1. The lowest BCUT2D eigenvalue weighted by Gasteiger charge is -2.28. The highest BCUT2D eigenvalue weighted by Gasteiger charge is 2.24. The summed E-state index contributed by atoms with van der Waals surface area (Å²) in [7, 11) is 2.13. The molecular weight excluding hydrogens is 304 g/mol. The van der Waals surface area contributed by atoms with Crippen molar-refractivity contribution in [3.63, 3.8) is 0 Å². The van der Waals surface area contributed by atoms with Gasteiger partial charge in [-0.2, -0.15) is 0 Å². The van der Waals surface area contributed by atoms with Crippen molar-refractivity contribution in [2.75, 3.05) is 31.6 Å². The van der Waals surface area contributed by atoms with Crippen LogP contribution in [0.5, 0.6) is 0 Å². The first-order valence-electron chi connectivity index (χ1n) is 7.12. The minimum Gasteiger partial charge on any atom is -0.358 e. The first kappa shape index (κ1) is 14.7. The van der Waals surface area contributed by atoms with Crippen molar-refractivity contribution in [1.82, 2.24) is 14.9 Å². The number of hydrogen-bond acceptors (Lipinski definition) is 4. The Morgan fingerprint density at radius 1 is 1.42 bits per heavy atom. The molecule has 1 aliphatic rings. The van der Waals surface area contributed by atoms with E-state index < -0.39 is 0 Å².